The predicted octanol–water partition coefficient (Wildman–Crippen LogP) is 2.20. The number of hydrogen-bond donors (Lipinski definition) is 2. The first kappa shape index (κ1) is 17.3. The number of aliphatic hydroxyl groups excluding tert-OH is 1. The molecule has 1 aromatic rings. The van der Waals surface area contributed by atoms with E-state index >= 15 is 0 Å². The van der Waals surface area contributed by atoms with E-state index < -0.39 is 31.7 Å². The number of aliphatic hydroxyl groups is 1. The molecule has 118 valence electrons. The van der Waals surface area contributed by atoms with Gasteiger partial charge in [0.25, 0.3) is 0 Å². The van der Waals surface area contributed by atoms with Crippen molar-refractivity contribution in [1.82, 2.24) is 5.32 Å². The van der Waals surface area contributed by atoms with Gasteiger partial charge in [0.2, 0.25) is 0 Å². The fourth-order valence-electron chi connectivity index (χ4n) is 1.46. The summed E-state index contributed by atoms with van der Waals surface area (Å²) in [5.41, 5.74) is 0.772. The quantitative estimate of drug-likeness (QED) is 0.810. The van der Waals surface area contributed by atoms with E-state index in [0.717, 1.165) is 5.56 Å². The topological polar surface area (TPSA) is 67.8 Å². The number of carbonyl (C=O) groups is 1. The summed E-state index contributed by atoms with van der Waals surface area (Å²) >= 11 is 0. The Morgan fingerprint density at radius 3 is 2.52 bits per heavy atom. The molecule has 0 fully saturated rings. The van der Waals surface area contributed by atoms with Crippen LogP contribution in [0.2, 0.25) is 0 Å². The zero-order chi connectivity index (χ0) is 15.7. The molecule has 1 rings (SSSR count). The van der Waals surface area contributed by atoms with E-state index in [1.807, 2.05) is 6.07 Å². The maximum Gasteiger partial charge on any atom is 0.522 e. The van der Waals surface area contributed by atoms with Gasteiger partial charge in [0.15, 0.2) is 0 Å². The Balaban J connectivity index is 2.27. The van der Waals surface area contributed by atoms with Crippen molar-refractivity contribution in [3.63, 3.8) is 0 Å². The summed E-state index contributed by atoms with van der Waals surface area (Å²) in [6, 6.07) is 8.02. The van der Waals surface area contributed by atoms with Gasteiger partial charge in [-0.1, -0.05) is 30.3 Å². The van der Waals surface area contributed by atoms with Gasteiger partial charge in [-0.2, -0.15) is 0 Å². The van der Waals surface area contributed by atoms with Crippen LogP contribution in [-0.4, -0.2) is 36.8 Å². The molecule has 0 saturated heterocycles. The Bertz CT molecular complexity index is 425. The average Bonchev–Trinajstić information content (AvgIpc) is 2.44. The van der Waals surface area contributed by atoms with E-state index in [1.165, 1.54) is 0 Å². The Morgan fingerprint density at radius 1 is 1.29 bits per heavy atom. The van der Waals surface area contributed by atoms with Gasteiger partial charge in [-0.15, -0.1) is 13.2 Å². The highest BCUT2D eigenvalue weighted by atomic mass is 19.4. The van der Waals surface area contributed by atoms with Crippen LogP contribution in [0, 0.1) is 0 Å². The van der Waals surface area contributed by atoms with Crippen LogP contribution in [0.3, 0.4) is 0 Å². The molecule has 0 unspecified atom stereocenters. The molecule has 0 aromatic heterocycles. The summed E-state index contributed by atoms with van der Waals surface area (Å²) < 4.78 is 43.8. The number of rotatable bonds is 7. The Labute approximate surface area is 119 Å². The molecular weight excluding hydrogens is 291 g/mol. The second-order valence-corrected chi connectivity index (χ2v) is 4.17. The second-order valence-electron chi connectivity index (χ2n) is 4.17. The molecule has 0 bridgehead atoms. The number of benzene rings is 1. The summed E-state index contributed by atoms with van der Waals surface area (Å²) in [5.74, 6) is 0. The number of hydrogen-bond acceptors (Lipinski definition) is 4. The van der Waals surface area contributed by atoms with Crippen molar-refractivity contribution in [2.24, 2.45) is 0 Å². The fourth-order valence-corrected chi connectivity index (χ4v) is 1.46. The lowest BCUT2D eigenvalue weighted by atomic mass is 10.2. The number of nitrogens with one attached hydrogen (secondary N) is 1. The Kier molecular flexibility index (Phi) is 6.97. The fraction of sp³-hybridized carbons (Fsp3) is 0.462. The maximum absolute atomic E-state index is 11.8. The van der Waals surface area contributed by atoms with E-state index in [9.17, 15) is 18.0 Å². The lowest BCUT2D eigenvalue weighted by Crippen LogP contribution is -2.39. The minimum atomic E-state index is -4.73. The third-order valence-corrected chi connectivity index (χ3v) is 2.49. The molecule has 8 heteroatoms. The van der Waals surface area contributed by atoms with Crippen LogP contribution < -0.4 is 5.32 Å². The zero-order valence-corrected chi connectivity index (χ0v) is 11.1. The summed E-state index contributed by atoms with van der Waals surface area (Å²) in [6.07, 6.45) is -5.73. The highest BCUT2D eigenvalue weighted by molar-refractivity contribution is 5.67. The monoisotopic (exact) mass is 307 g/mol. The Hall–Kier alpha value is -1.80. The molecule has 0 spiro atoms. The highest BCUT2D eigenvalue weighted by Crippen LogP contribution is 2.16. The number of alkyl halides is 3. The molecule has 0 aliphatic rings. The van der Waals surface area contributed by atoms with E-state index in [0.29, 0.717) is 0 Å². The van der Waals surface area contributed by atoms with Crippen molar-refractivity contribution in [3.8, 4) is 0 Å². The molecule has 1 aromatic carbocycles. The molecule has 5 nitrogen and oxygen atoms in total. The van der Waals surface area contributed by atoms with E-state index in [-0.39, 0.29) is 13.0 Å². The number of amides is 1. The van der Waals surface area contributed by atoms with Crippen molar-refractivity contribution >= 4 is 6.09 Å². The van der Waals surface area contributed by atoms with Crippen molar-refractivity contribution in [1.29, 1.82) is 0 Å². The Morgan fingerprint density at radius 2 is 1.95 bits per heavy atom. The summed E-state index contributed by atoms with van der Waals surface area (Å²) in [4.78, 5) is 11.4. The molecule has 0 aliphatic carbocycles. The first-order chi connectivity index (χ1) is 9.90. The van der Waals surface area contributed by atoms with Gasteiger partial charge in [0.1, 0.15) is 6.61 Å². The van der Waals surface area contributed by atoms with Crippen molar-refractivity contribution in [2.45, 2.75) is 25.4 Å². The molecule has 0 radical (unpaired) electrons. The van der Waals surface area contributed by atoms with E-state index in [4.69, 9.17) is 9.84 Å². The minimum Gasteiger partial charge on any atom is -0.445 e. The molecule has 1 amide bonds. The van der Waals surface area contributed by atoms with Crippen LogP contribution in [0.4, 0.5) is 18.0 Å². The van der Waals surface area contributed by atoms with Crippen molar-refractivity contribution in [2.75, 3.05) is 13.2 Å². The van der Waals surface area contributed by atoms with Crippen molar-refractivity contribution in [3.05, 3.63) is 35.9 Å². The standard InChI is InChI=1S/C13H16F3NO4/c14-13(15,16)21-7-6-11(8-18)17-12(19)20-9-10-4-2-1-3-5-10/h1-5,11,18H,6-9H2,(H,17,19)/t11-/m0/s1. The SMILES string of the molecule is O=C(N[C@H](CO)CCOC(F)(F)F)OCc1ccccc1. The number of ether oxygens (including phenoxy) is 2. The number of carbonyl (C=O) groups excluding carboxylic acids is 1. The maximum atomic E-state index is 11.8. The molecule has 1 atom stereocenters. The zero-order valence-electron chi connectivity index (χ0n) is 11.1. The summed E-state index contributed by atoms with van der Waals surface area (Å²) in [5, 5.41) is 11.2. The molecular formula is C13H16F3NO4. The van der Waals surface area contributed by atoms with Crippen LogP contribution in [0.25, 0.3) is 0 Å². The smallest absolute Gasteiger partial charge is 0.445 e. The molecule has 0 aliphatic heterocycles. The minimum absolute atomic E-state index is 0.0316. The normalized spacial score (nSPS) is 12.8. The van der Waals surface area contributed by atoms with Gasteiger partial charge in [-0.05, 0) is 12.0 Å². The van der Waals surface area contributed by atoms with Crippen LogP contribution >= 0.6 is 0 Å². The first-order valence-electron chi connectivity index (χ1n) is 6.19. The van der Waals surface area contributed by atoms with E-state index in [2.05, 4.69) is 10.1 Å². The lowest BCUT2D eigenvalue weighted by molar-refractivity contribution is -0.325. The first-order valence-corrected chi connectivity index (χ1v) is 6.19. The van der Waals surface area contributed by atoms with Gasteiger partial charge < -0.3 is 15.2 Å². The number of halogens is 3. The van der Waals surface area contributed by atoms with Gasteiger partial charge in [-0.25, -0.2) is 4.79 Å². The molecule has 0 saturated carbocycles. The van der Waals surface area contributed by atoms with Crippen LogP contribution in [0.15, 0.2) is 30.3 Å². The molecule has 0 heterocycles. The largest absolute Gasteiger partial charge is 0.522 e. The summed E-state index contributed by atoms with van der Waals surface area (Å²) in [7, 11) is 0. The van der Waals surface area contributed by atoms with Gasteiger partial charge in [0, 0.05) is 0 Å². The van der Waals surface area contributed by atoms with Gasteiger partial charge >= 0.3 is 12.5 Å². The van der Waals surface area contributed by atoms with Crippen molar-refractivity contribution < 1.29 is 32.5 Å². The lowest BCUT2D eigenvalue weighted by Gasteiger charge is -2.16. The van der Waals surface area contributed by atoms with Gasteiger partial charge in [0.05, 0.1) is 19.3 Å². The molecule has 21 heavy (non-hydrogen) atoms. The van der Waals surface area contributed by atoms with Crippen LogP contribution in [0.1, 0.15) is 12.0 Å². The third kappa shape index (κ3) is 8.16. The second kappa shape index (κ2) is 8.48. The van der Waals surface area contributed by atoms with Gasteiger partial charge in [-0.3, -0.25) is 4.74 Å². The summed E-state index contributed by atoms with van der Waals surface area (Å²) in [6.45, 7) is -1.14. The van der Waals surface area contributed by atoms with Crippen LogP contribution in [0.5, 0.6) is 0 Å². The molecule has 2 N–H and O–H groups in total. The third-order valence-electron chi connectivity index (χ3n) is 2.49. The van der Waals surface area contributed by atoms with E-state index in [1.54, 1.807) is 24.3 Å². The predicted molar refractivity (Wildman–Crippen MR) is 67.3 cm³/mol. The van der Waals surface area contributed by atoms with Crippen LogP contribution in [-0.2, 0) is 16.1 Å². The highest BCUT2D eigenvalue weighted by Gasteiger charge is 2.29. The average molecular weight is 307 g/mol. The number of alkyl carbamates (subject to hydrolysis) is 1.